The van der Waals surface area contributed by atoms with Gasteiger partial charge in [0, 0.05) is 7.05 Å². The Morgan fingerprint density at radius 3 is 2.85 bits per heavy atom. The van der Waals surface area contributed by atoms with Crippen LogP contribution < -0.4 is 4.90 Å². The topological polar surface area (TPSA) is 52.8 Å². The third-order valence-electron chi connectivity index (χ3n) is 3.22. The summed E-state index contributed by atoms with van der Waals surface area (Å²) in [5.74, 6) is 0.829. The van der Waals surface area contributed by atoms with Gasteiger partial charge in [-0.15, -0.1) is 11.3 Å². The number of fused-ring (bicyclic) bond motifs is 1. The van der Waals surface area contributed by atoms with Crippen LogP contribution >= 0.6 is 11.3 Å². The Balaban J connectivity index is 2.18. The number of nitriles is 1. The number of nitrogens with zero attached hydrogens (tertiary/aromatic N) is 4. The van der Waals surface area contributed by atoms with Gasteiger partial charge in [0.05, 0.1) is 21.5 Å². The van der Waals surface area contributed by atoms with E-state index in [1.54, 1.807) is 17.7 Å². The van der Waals surface area contributed by atoms with Crippen molar-refractivity contribution in [1.29, 1.82) is 5.26 Å². The van der Waals surface area contributed by atoms with Crippen molar-refractivity contribution in [2.24, 2.45) is 0 Å². The highest BCUT2D eigenvalue weighted by Crippen LogP contribution is 2.34. The van der Waals surface area contributed by atoms with Crippen LogP contribution in [0.25, 0.3) is 10.2 Å². The lowest BCUT2D eigenvalue weighted by Gasteiger charge is -2.19. The van der Waals surface area contributed by atoms with E-state index in [0.717, 1.165) is 27.3 Å². The maximum absolute atomic E-state index is 9.22. The van der Waals surface area contributed by atoms with Gasteiger partial charge in [0.2, 0.25) is 0 Å². The first-order valence-corrected chi connectivity index (χ1v) is 7.02. The summed E-state index contributed by atoms with van der Waals surface area (Å²) in [4.78, 5) is 10.7. The Hall–Kier alpha value is -2.45. The number of aryl methyl sites for hydroxylation is 1. The number of hydrogen-bond acceptors (Lipinski definition) is 5. The SMILES string of the molecule is Cc1csc2c(N(C)c3ccccc3C#N)ncnc12. The van der Waals surface area contributed by atoms with Gasteiger partial charge in [-0.2, -0.15) is 5.26 Å². The number of aromatic nitrogens is 2. The molecule has 0 N–H and O–H groups in total. The number of para-hydroxylation sites is 1. The monoisotopic (exact) mass is 280 g/mol. The summed E-state index contributed by atoms with van der Waals surface area (Å²) in [6.07, 6.45) is 1.57. The average Bonchev–Trinajstić information content (AvgIpc) is 2.88. The standard InChI is InChI=1S/C15H12N4S/c1-10-8-20-14-13(10)17-9-18-15(14)19(2)12-6-4-3-5-11(12)7-16/h3-6,8-9H,1-2H3. The van der Waals surface area contributed by atoms with Gasteiger partial charge < -0.3 is 4.90 Å². The molecule has 0 aliphatic heterocycles. The molecule has 4 nitrogen and oxygen atoms in total. The minimum absolute atomic E-state index is 0.634. The summed E-state index contributed by atoms with van der Waals surface area (Å²) in [5, 5.41) is 11.3. The summed E-state index contributed by atoms with van der Waals surface area (Å²) < 4.78 is 1.04. The van der Waals surface area contributed by atoms with Crippen molar-refractivity contribution < 1.29 is 0 Å². The molecule has 0 saturated carbocycles. The summed E-state index contributed by atoms with van der Waals surface area (Å²) in [6.45, 7) is 2.04. The summed E-state index contributed by atoms with van der Waals surface area (Å²) in [5.41, 5.74) is 3.60. The number of benzene rings is 1. The van der Waals surface area contributed by atoms with E-state index in [0.29, 0.717) is 5.56 Å². The van der Waals surface area contributed by atoms with Crippen LogP contribution in [-0.2, 0) is 0 Å². The Morgan fingerprint density at radius 2 is 2.05 bits per heavy atom. The molecule has 0 fully saturated rings. The normalized spacial score (nSPS) is 10.4. The van der Waals surface area contributed by atoms with E-state index in [4.69, 9.17) is 0 Å². The van der Waals surface area contributed by atoms with E-state index < -0.39 is 0 Å². The van der Waals surface area contributed by atoms with Crippen LogP contribution in [0.2, 0.25) is 0 Å². The highest BCUT2D eigenvalue weighted by molar-refractivity contribution is 7.18. The predicted octanol–water partition coefficient (Wildman–Crippen LogP) is 3.64. The zero-order valence-electron chi connectivity index (χ0n) is 11.2. The first-order valence-electron chi connectivity index (χ1n) is 6.14. The molecule has 0 aliphatic carbocycles. The quantitative estimate of drug-likeness (QED) is 0.719. The molecule has 2 aromatic heterocycles. The maximum atomic E-state index is 9.22. The molecule has 98 valence electrons. The van der Waals surface area contributed by atoms with Gasteiger partial charge in [0.15, 0.2) is 5.82 Å². The maximum Gasteiger partial charge on any atom is 0.154 e. The lowest BCUT2D eigenvalue weighted by atomic mass is 10.2. The van der Waals surface area contributed by atoms with E-state index >= 15 is 0 Å². The predicted molar refractivity (Wildman–Crippen MR) is 81.4 cm³/mol. The number of thiophene rings is 1. The van der Waals surface area contributed by atoms with Gasteiger partial charge in [-0.3, -0.25) is 0 Å². The van der Waals surface area contributed by atoms with Gasteiger partial charge in [0.1, 0.15) is 12.4 Å². The van der Waals surface area contributed by atoms with Crippen LogP contribution in [0.1, 0.15) is 11.1 Å². The fourth-order valence-electron chi connectivity index (χ4n) is 2.17. The zero-order chi connectivity index (χ0) is 14.1. The third-order valence-corrected chi connectivity index (χ3v) is 4.30. The second-order valence-electron chi connectivity index (χ2n) is 4.48. The van der Waals surface area contributed by atoms with Crippen molar-refractivity contribution in [3.05, 3.63) is 47.1 Å². The Labute approximate surface area is 120 Å². The van der Waals surface area contributed by atoms with Gasteiger partial charge in [-0.1, -0.05) is 12.1 Å². The molecule has 0 radical (unpaired) electrons. The van der Waals surface area contributed by atoms with Crippen molar-refractivity contribution in [2.75, 3.05) is 11.9 Å². The lowest BCUT2D eigenvalue weighted by molar-refractivity contribution is 1.11. The molecular weight excluding hydrogens is 268 g/mol. The lowest BCUT2D eigenvalue weighted by Crippen LogP contribution is -2.12. The number of hydrogen-bond donors (Lipinski definition) is 0. The van der Waals surface area contributed by atoms with Crippen molar-refractivity contribution in [1.82, 2.24) is 9.97 Å². The van der Waals surface area contributed by atoms with Crippen LogP contribution in [0.3, 0.4) is 0 Å². The number of rotatable bonds is 2. The molecule has 5 heteroatoms. The Bertz CT molecular complexity index is 816. The van der Waals surface area contributed by atoms with Crippen LogP contribution in [0.15, 0.2) is 36.0 Å². The van der Waals surface area contributed by atoms with E-state index in [1.165, 1.54) is 0 Å². The second kappa shape index (κ2) is 4.91. The number of anilines is 2. The zero-order valence-corrected chi connectivity index (χ0v) is 12.0. The molecular formula is C15H12N4S. The molecule has 0 spiro atoms. The first kappa shape index (κ1) is 12.6. The van der Waals surface area contributed by atoms with Crippen LogP contribution in [0.4, 0.5) is 11.5 Å². The Morgan fingerprint density at radius 1 is 1.25 bits per heavy atom. The fraction of sp³-hybridized carbons (Fsp3) is 0.133. The van der Waals surface area contributed by atoms with Gasteiger partial charge in [-0.05, 0) is 30.0 Å². The Kier molecular flexibility index (Phi) is 3.09. The first-order chi connectivity index (χ1) is 9.72. The molecule has 0 amide bonds. The largest absolute Gasteiger partial charge is 0.327 e. The van der Waals surface area contributed by atoms with Gasteiger partial charge >= 0.3 is 0 Å². The van der Waals surface area contributed by atoms with E-state index in [1.807, 2.05) is 43.1 Å². The van der Waals surface area contributed by atoms with Crippen LogP contribution in [0.5, 0.6) is 0 Å². The van der Waals surface area contributed by atoms with Crippen molar-refractivity contribution >= 4 is 33.1 Å². The van der Waals surface area contributed by atoms with Crippen LogP contribution in [0, 0.1) is 18.3 Å². The molecule has 1 aromatic carbocycles. The van der Waals surface area contributed by atoms with E-state index in [9.17, 15) is 5.26 Å². The molecule has 2 heterocycles. The smallest absolute Gasteiger partial charge is 0.154 e. The minimum Gasteiger partial charge on any atom is -0.327 e. The highest BCUT2D eigenvalue weighted by atomic mass is 32.1. The third kappa shape index (κ3) is 1.91. The molecule has 0 bridgehead atoms. The van der Waals surface area contributed by atoms with E-state index in [2.05, 4.69) is 21.4 Å². The summed E-state index contributed by atoms with van der Waals surface area (Å²) in [6, 6.07) is 9.73. The van der Waals surface area contributed by atoms with Gasteiger partial charge in [-0.25, -0.2) is 9.97 Å². The molecule has 0 unspecified atom stereocenters. The average molecular weight is 280 g/mol. The van der Waals surface area contributed by atoms with Crippen LogP contribution in [-0.4, -0.2) is 17.0 Å². The van der Waals surface area contributed by atoms with Crippen molar-refractivity contribution in [2.45, 2.75) is 6.92 Å². The molecule has 3 aromatic rings. The molecule has 0 aliphatic rings. The highest BCUT2D eigenvalue weighted by Gasteiger charge is 2.15. The van der Waals surface area contributed by atoms with Crippen molar-refractivity contribution in [3.63, 3.8) is 0 Å². The van der Waals surface area contributed by atoms with Gasteiger partial charge in [0.25, 0.3) is 0 Å². The molecule has 3 rings (SSSR count). The van der Waals surface area contributed by atoms with E-state index in [-0.39, 0.29) is 0 Å². The fourth-order valence-corrected chi connectivity index (χ4v) is 3.20. The summed E-state index contributed by atoms with van der Waals surface area (Å²) in [7, 11) is 1.92. The molecule has 0 atom stereocenters. The minimum atomic E-state index is 0.634. The molecule has 20 heavy (non-hydrogen) atoms. The molecule has 0 saturated heterocycles. The van der Waals surface area contributed by atoms with Crippen molar-refractivity contribution in [3.8, 4) is 6.07 Å². The second-order valence-corrected chi connectivity index (χ2v) is 5.36. The summed E-state index contributed by atoms with van der Waals surface area (Å²) >= 11 is 1.63.